The summed E-state index contributed by atoms with van der Waals surface area (Å²) in [7, 11) is 0. The van der Waals surface area contributed by atoms with Crippen LogP contribution in [0.15, 0.2) is 18.6 Å². The number of piperidine rings is 1. The summed E-state index contributed by atoms with van der Waals surface area (Å²) in [6.45, 7) is 1.12. The fourth-order valence-corrected chi connectivity index (χ4v) is 1.61. The first-order valence-corrected chi connectivity index (χ1v) is 4.46. The fourth-order valence-electron chi connectivity index (χ4n) is 1.61. The first-order valence-electron chi connectivity index (χ1n) is 4.46. The molecule has 1 N–H and O–H groups in total. The van der Waals surface area contributed by atoms with E-state index in [1.54, 1.807) is 12.5 Å². The van der Waals surface area contributed by atoms with Crippen molar-refractivity contribution in [1.29, 1.82) is 0 Å². The Balaban J connectivity index is 2.08. The van der Waals surface area contributed by atoms with Gasteiger partial charge in [0.1, 0.15) is 6.33 Å². The highest BCUT2D eigenvalue weighted by atomic mass is 15.0. The Kier molecular flexibility index (Phi) is 2.32. The van der Waals surface area contributed by atoms with E-state index >= 15 is 0 Å². The molecule has 1 aromatic heterocycles. The van der Waals surface area contributed by atoms with Gasteiger partial charge in [-0.05, 0) is 25.5 Å². The monoisotopic (exact) mass is 163 g/mol. The summed E-state index contributed by atoms with van der Waals surface area (Å²) >= 11 is 0. The first kappa shape index (κ1) is 7.68. The summed E-state index contributed by atoms with van der Waals surface area (Å²) in [4.78, 5) is 8.13. The molecule has 2 rings (SSSR count). The van der Waals surface area contributed by atoms with Crippen molar-refractivity contribution in [2.45, 2.75) is 25.3 Å². The molecular weight excluding hydrogens is 150 g/mol. The van der Waals surface area contributed by atoms with E-state index in [1.165, 1.54) is 19.3 Å². The van der Waals surface area contributed by atoms with E-state index in [1.807, 2.05) is 6.07 Å². The molecule has 2 heterocycles. The van der Waals surface area contributed by atoms with Crippen LogP contribution in [-0.4, -0.2) is 16.5 Å². The Morgan fingerprint density at radius 3 is 3.08 bits per heavy atom. The van der Waals surface area contributed by atoms with Crippen LogP contribution in [0.1, 0.15) is 31.0 Å². The van der Waals surface area contributed by atoms with Crippen molar-refractivity contribution in [3.05, 3.63) is 24.3 Å². The summed E-state index contributed by atoms with van der Waals surface area (Å²) in [6, 6.07) is 2.45. The van der Waals surface area contributed by atoms with Gasteiger partial charge in [-0.3, -0.25) is 0 Å². The van der Waals surface area contributed by atoms with Gasteiger partial charge in [0.05, 0.1) is 5.69 Å². The number of hydrogen-bond donors (Lipinski definition) is 1. The number of rotatable bonds is 1. The molecule has 0 spiro atoms. The van der Waals surface area contributed by atoms with E-state index in [9.17, 15) is 0 Å². The van der Waals surface area contributed by atoms with Gasteiger partial charge in [0, 0.05) is 12.2 Å². The minimum absolute atomic E-state index is 0.460. The van der Waals surface area contributed by atoms with Gasteiger partial charge >= 0.3 is 0 Å². The van der Waals surface area contributed by atoms with Crippen molar-refractivity contribution >= 4 is 0 Å². The van der Waals surface area contributed by atoms with E-state index in [2.05, 4.69) is 15.3 Å². The number of nitrogens with zero attached hydrogens (tertiary/aromatic N) is 2. The second-order valence-corrected chi connectivity index (χ2v) is 3.14. The van der Waals surface area contributed by atoms with Crippen LogP contribution in [0.5, 0.6) is 0 Å². The molecule has 1 unspecified atom stereocenters. The van der Waals surface area contributed by atoms with Crippen LogP contribution in [0.3, 0.4) is 0 Å². The highest BCUT2D eigenvalue weighted by molar-refractivity contribution is 5.05. The quantitative estimate of drug-likeness (QED) is 0.678. The van der Waals surface area contributed by atoms with Crippen LogP contribution in [-0.2, 0) is 0 Å². The largest absolute Gasteiger partial charge is 0.309 e. The Morgan fingerprint density at radius 1 is 1.42 bits per heavy atom. The second-order valence-electron chi connectivity index (χ2n) is 3.14. The molecule has 3 heteroatoms. The fraction of sp³-hybridized carbons (Fsp3) is 0.556. The van der Waals surface area contributed by atoms with Crippen molar-refractivity contribution in [3.8, 4) is 0 Å². The number of hydrogen-bond acceptors (Lipinski definition) is 3. The number of aromatic nitrogens is 2. The molecule has 1 aliphatic heterocycles. The third-order valence-electron chi connectivity index (χ3n) is 2.27. The van der Waals surface area contributed by atoms with Gasteiger partial charge in [0.15, 0.2) is 0 Å². The van der Waals surface area contributed by atoms with E-state index in [-0.39, 0.29) is 0 Å². The molecule has 0 aromatic carbocycles. The molecule has 0 saturated carbocycles. The first-order chi connectivity index (χ1) is 5.97. The van der Waals surface area contributed by atoms with Crippen LogP contribution < -0.4 is 5.32 Å². The van der Waals surface area contributed by atoms with E-state index < -0.39 is 0 Å². The van der Waals surface area contributed by atoms with Crippen molar-refractivity contribution in [2.24, 2.45) is 0 Å². The van der Waals surface area contributed by atoms with E-state index in [4.69, 9.17) is 0 Å². The Morgan fingerprint density at radius 2 is 2.42 bits per heavy atom. The molecule has 1 saturated heterocycles. The lowest BCUT2D eigenvalue weighted by Crippen LogP contribution is -2.27. The lowest BCUT2D eigenvalue weighted by Gasteiger charge is -2.22. The molecule has 1 aromatic rings. The zero-order valence-corrected chi connectivity index (χ0v) is 7.03. The SMILES string of the molecule is c1cc(C2CCCCN2)ncn1. The molecule has 1 fully saturated rings. The molecular formula is C9H13N3. The molecule has 64 valence electrons. The van der Waals surface area contributed by atoms with Crippen molar-refractivity contribution < 1.29 is 0 Å². The molecule has 0 amide bonds. The molecule has 1 atom stereocenters. The molecule has 0 radical (unpaired) electrons. The average Bonchev–Trinajstić information content (AvgIpc) is 2.21. The summed E-state index contributed by atoms with van der Waals surface area (Å²) in [5.41, 5.74) is 1.13. The minimum atomic E-state index is 0.460. The lowest BCUT2D eigenvalue weighted by atomic mass is 10.0. The Hall–Kier alpha value is -0.960. The van der Waals surface area contributed by atoms with Gasteiger partial charge in [-0.1, -0.05) is 6.42 Å². The highest BCUT2D eigenvalue weighted by Gasteiger charge is 2.14. The van der Waals surface area contributed by atoms with Gasteiger partial charge in [-0.15, -0.1) is 0 Å². The third kappa shape index (κ3) is 1.61. The number of nitrogens with one attached hydrogen (secondary N) is 1. The lowest BCUT2D eigenvalue weighted by molar-refractivity contribution is 0.405. The molecule has 0 bridgehead atoms. The summed E-state index contributed by atoms with van der Waals surface area (Å²) in [6.07, 6.45) is 7.23. The maximum absolute atomic E-state index is 4.23. The van der Waals surface area contributed by atoms with Crippen LogP contribution >= 0.6 is 0 Å². The summed E-state index contributed by atoms with van der Waals surface area (Å²) in [5, 5.41) is 3.45. The van der Waals surface area contributed by atoms with Crippen LogP contribution in [0.25, 0.3) is 0 Å². The molecule has 3 nitrogen and oxygen atoms in total. The normalized spacial score (nSPS) is 23.8. The van der Waals surface area contributed by atoms with Crippen LogP contribution in [0.4, 0.5) is 0 Å². The van der Waals surface area contributed by atoms with Gasteiger partial charge in [0.2, 0.25) is 0 Å². The maximum atomic E-state index is 4.23. The zero-order chi connectivity index (χ0) is 8.23. The Bertz CT molecular complexity index is 229. The van der Waals surface area contributed by atoms with E-state index in [0.717, 1.165) is 12.2 Å². The molecule has 0 aliphatic carbocycles. The van der Waals surface area contributed by atoms with Gasteiger partial charge in [-0.2, -0.15) is 0 Å². The molecule has 1 aliphatic rings. The predicted molar refractivity (Wildman–Crippen MR) is 46.6 cm³/mol. The maximum Gasteiger partial charge on any atom is 0.115 e. The summed E-state index contributed by atoms with van der Waals surface area (Å²) < 4.78 is 0. The topological polar surface area (TPSA) is 37.8 Å². The summed E-state index contributed by atoms with van der Waals surface area (Å²) in [5.74, 6) is 0. The second kappa shape index (κ2) is 3.63. The van der Waals surface area contributed by atoms with Crippen LogP contribution in [0, 0.1) is 0 Å². The molecule has 12 heavy (non-hydrogen) atoms. The predicted octanol–water partition coefficient (Wildman–Crippen LogP) is 1.29. The van der Waals surface area contributed by atoms with Crippen LogP contribution in [0.2, 0.25) is 0 Å². The average molecular weight is 163 g/mol. The Labute approximate surface area is 72.2 Å². The highest BCUT2D eigenvalue weighted by Crippen LogP contribution is 2.19. The van der Waals surface area contributed by atoms with Crippen molar-refractivity contribution in [1.82, 2.24) is 15.3 Å². The van der Waals surface area contributed by atoms with Gasteiger partial charge in [-0.25, -0.2) is 9.97 Å². The van der Waals surface area contributed by atoms with Gasteiger partial charge < -0.3 is 5.32 Å². The third-order valence-corrected chi connectivity index (χ3v) is 2.27. The van der Waals surface area contributed by atoms with Crippen molar-refractivity contribution in [2.75, 3.05) is 6.54 Å². The smallest absolute Gasteiger partial charge is 0.115 e. The minimum Gasteiger partial charge on any atom is -0.309 e. The van der Waals surface area contributed by atoms with Crippen molar-refractivity contribution in [3.63, 3.8) is 0 Å². The van der Waals surface area contributed by atoms with Gasteiger partial charge in [0.25, 0.3) is 0 Å². The standard InChI is InChI=1S/C9H13N3/c1-2-5-11-8(3-1)9-4-6-10-7-12-9/h4,6-8,11H,1-3,5H2. The van der Waals surface area contributed by atoms with E-state index in [0.29, 0.717) is 6.04 Å². The zero-order valence-electron chi connectivity index (χ0n) is 7.03.